The molecule has 0 fully saturated rings. The molecule has 2 nitrogen and oxygen atoms in total. The molecule has 0 bridgehead atoms. The van der Waals surface area contributed by atoms with Crippen LogP contribution in [0.1, 0.15) is 26.7 Å². The molecule has 9 heavy (non-hydrogen) atoms. The fourth-order valence-corrected chi connectivity index (χ4v) is 0.952. The first kappa shape index (κ1) is 8.92. The summed E-state index contributed by atoms with van der Waals surface area (Å²) in [6.45, 7) is 3.97. The Labute approximate surface area is 56.5 Å². The molecule has 0 aromatic carbocycles. The SMILES string of the molecule is CCC(CCO)C(C)O. The van der Waals surface area contributed by atoms with Crippen LogP contribution in [0.3, 0.4) is 0 Å². The van der Waals surface area contributed by atoms with Crippen molar-refractivity contribution >= 4 is 0 Å². The van der Waals surface area contributed by atoms with Gasteiger partial charge < -0.3 is 10.2 Å². The van der Waals surface area contributed by atoms with E-state index in [1.807, 2.05) is 6.92 Å². The highest BCUT2D eigenvalue weighted by Crippen LogP contribution is 2.11. The maximum atomic E-state index is 9.03. The van der Waals surface area contributed by atoms with Crippen molar-refractivity contribution < 1.29 is 10.2 Å². The molecule has 0 aliphatic rings. The average molecular weight is 132 g/mol. The van der Waals surface area contributed by atoms with Crippen LogP contribution >= 0.6 is 0 Å². The second-order valence-electron chi connectivity index (χ2n) is 2.42. The van der Waals surface area contributed by atoms with Crippen molar-refractivity contribution in [3.8, 4) is 0 Å². The maximum Gasteiger partial charge on any atom is 0.0541 e. The van der Waals surface area contributed by atoms with Crippen molar-refractivity contribution in [2.24, 2.45) is 5.92 Å². The summed E-state index contributed by atoms with van der Waals surface area (Å²) >= 11 is 0. The smallest absolute Gasteiger partial charge is 0.0541 e. The highest BCUT2D eigenvalue weighted by atomic mass is 16.3. The predicted octanol–water partition coefficient (Wildman–Crippen LogP) is 0.776. The largest absolute Gasteiger partial charge is 0.396 e. The van der Waals surface area contributed by atoms with E-state index in [1.54, 1.807) is 6.92 Å². The van der Waals surface area contributed by atoms with E-state index in [9.17, 15) is 0 Å². The molecule has 0 saturated heterocycles. The quantitative estimate of drug-likeness (QED) is 0.593. The van der Waals surface area contributed by atoms with Gasteiger partial charge in [0.2, 0.25) is 0 Å². The van der Waals surface area contributed by atoms with E-state index < -0.39 is 0 Å². The summed E-state index contributed by atoms with van der Waals surface area (Å²) in [5.41, 5.74) is 0. The lowest BCUT2D eigenvalue weighted by atomic mass is 9.98. The first-order chi connectivity index (χ1) is 4.22. The minimum atomic E-state index is -0.276. The van der Waals surface area contributed by atoms with E-state index in [-0.39, 0.29) is 18.6 Å². The van der Waals surface area contributed by atoms with Crippen LogP contribution < -0.4 is 0 Å². The van der Waals surface area contributed by atoms with Gasteiger partial charge in [0.05, 0.1) is 6.10 Å². The molecule has 0 aliphatic heterocycles. The van der Waals surface area contributed by atoms with E-state index in [1.165, 1.54) is 0 Å². The molecule has 2 atom stereocenters. The van der Waals surface area contributed by atoms with Crippen LogP contribution in [-0.4, -0.2) is 22.9 Å². The Morgan fingerprint density at radius 2 is 2.00 bits per heavy atom. The van der Waals surface area contributed by atoms with Gasteiger partial charge in [0.1, 0.15) is 0 Å². The monoisotopic (exact) mass is 132 g/mol. The molecule has 0 rings (SSSR count). The molecule has 0 aliphatic carbocycles. The van der Waals surface area contributed by atoms with Crippen molar-refractivity contribution in [3.05, 3.63) is 0 Å². The molecule has 2 N–H and O–H groups in total. The Hall–Kier alpha value is -0.0800. The van der Waals surface area contributed by atoms with Crippen molar-refractivity contribution in [2.45, 2.75) is 32.8 Å². The van der Waals surface area contributed by atoms with E-state index in [2.05, 4.69) is 0 Å². The third-order valence-electron chi connectivity index (χ3n) is 1.71. The third kappa shape index (κ3) is 3.49. The number of aliphatic hydroxyl groups excluding tert-OH is 2. The predicted molar refractivity (Wildman–Crippen MR) is 37.2 cm³/mol. The lowest BCUT2D eigenvalue weighted by molar-refractivity contribution is 0.102. The summed E-state index contributed by atoms with van der Waals surface area (Å²) < 4.78 is 0. The van der Waals surface area contributed by atoms with Crippen LogP contribution in [0.15, 0.2) is 0 Å². The molecule has 0 saturated carbocycles. The maximum absolute atomic E-state index is 9.03. The number of hydrogen-bond acceptors (Lipinski definition) is 2. The number of aliphatic hydroxyl groups is 2. The topological polar surface area (TPSA) is 40.5 Å². The van der Waals surface area contributed by atoms with Crippen LogP contribution in [0.5, 0.6) is 0 Å². The molecular weight excluding hydrogens is 116 g/mol. The highest BCUT2D eigenvalue weighted by molar-refractivity contribution is 4.61. The summed E-state index contributed by atoms with van der Waals surface area (Å²) in [5, 5.41) is 17.5. The summed E-state index contributed by atoms with van der Waals surface area (Å²) in [5.74, 6) is 0.273. The van der Waals surface area contributed by atoms with Gasteiger partial charge in [-0.2, -0.15) is 0 Å². The van der Waals surface area contributed by atoms with Crippen LogP contribution in [-0.2, 0) is 0 Å². The molecule has 0 aromatic rings. The molecule has 0 heterocycles. The zero-order valence-corrected chi connectivity index (χ0v) is 6.17. The Kier molecular flexibility index (Phi) is 4.72. The highest BCUT2D eigenvalue weighted by Gasteiger charge is 2.10. The summed E-state index contributed by atoms with van der Waals surface area (Å²) in [6.07, 6.45) is 1.38. The Morgan fingerprint density at radius 3 is 2.11 bits per heavy atom. The van der Waals surface area contributed by atoms with Crippen LogP contribution in [0, 0.1) is 5.92 Å². The fraction of sp³-hybridized carbons (Fsp3) is 1.00. The first-order valence-corrected chi connectivity index (χ1v) is 3.51. The Balaban J connectivity index is 3.41. The minimum absolute atomic E-state index is 0.184. The van der Waals surface area contributed by atoms with Crippen LogP contribution in [0.4, 0.5) is 0 Å². The van der Waals surface area contributed by atoms with Crippen molar-refractivity contribution in [2.75, 3.05) is 6.61 Å². The number of rotatable bonds is 4. The minimum Gasteiger partial charge on any atom is -0.396 e. The fourth-order valence-electron chi connectivity index (χ4n) is 0.952. The molecular formula is C7H16O2. The second-order valence-corrected chi connectivity index (χ2v) is 2.42. The van der Waals surface area contributed by atoms with Crippen molar-refractivity contribution in [3.63, 3.8) is 0 Å². The van der Waals surface area contributed by atoms with Gasteiger partial charge in [-0.1, -0.05) is 13.3 Å². The Bertz CT molecular complexity index is 61.9. The van der Waals surface area contributed by atoms with Gasteiger partial charge in [-0.3, -0.25) is 0 Å². The summed E-state index contributed by atoms with van der Waals surface area (Å²) in [7, 11) is 0. The average Bonchev–Trinajstić information content (AvgIpc) is 1.82. The summed E-state index contributed by atoms with van der Waals surface area (Å²) in [4.78, 5) is 0. The van der Waals surface area contributed by atoms with Crippen LogP contribution in [0.2, 0.25) is 0 Å². The molecule has 0 radical (unpaired) electrons. The van der Waals surface area contributed by atoms with E-state index >= 15 is 0 Å². The standard InChI is InChI=1S/C7H16O2/c1-3-7(4-5-8)6(2)9/h6-9H,3-5H2,1-2H3. The third-order valence-corrected chi connectivity index (χ3v) is 1.71. The van der Waals surface area contributed by atoms with Gasteiger partial charge >= 0.3 is 0 Å². The van der Waals surface area contributed by atoms with Gasteiger partial charge in [-0.25, -0.2) is 0 Å². The second kappa shape index (κ2) is 4.77. The molecule has 0 spiro atoms. The first-order valence-electron chi connectivity index (χ1n) is 3.51. The Morgan fingerprint density at radius 1 is 1.44 bits per heavy atom. The zero-order valence-electron chi connectivity index (χ0n) is 6.17. The van der Waals surface area contributed by atoms with Gasteiger partial charge in [0, 0.05) is 6.61 Å². The number of hydrogen-bond donors (Lipinski definition) is 2. The van der Waals surface area contributed by atoms with Gasteiger partial charge in [-0.15, -0.1) is 0 Å². The van der Waals surface area contributed by atoms with Gasteiger partial charge in [0.15, 0.2) is 0 Å². The summed E-state index contributed by atoms with van der Waals surface area (Å²) in [6, 6.07) is 0. The molecule has 56 valence electrons. The molecule has 0 amide bonds. The van der Waals surface area contributed by atoms with Gasteiger partial charge in [0.25, 0.3) is 0 Å². The lowest BCUT2D eigenvalue weighted by Crippen LogP contribution is -2.16. The van der Waals surface area contributed by atoms with Crippen LogP contribution in [0.25, 0.3) is 0 Å². The van der Waals surface area contributed by atoms with Crippen molar-refractivity contribution in [1.29, 1.82) is 0 Å². The van der Waals surface area contributed by atoms with E-state index in [4.69, 9.17) is 10.2 Å². The lowest BCUT2D eigenvalue weighted by Gasteiger charge is -2.15. The molecule has 2 heteroatoms. The molecule has 2 unspecified atom stereocenters. The zero-order chi connectivity index (χ0) is 7.28. The van der Waals surface area contributed by atoms with E-state index in [0.717, 1.165) is 6.42 Å². The van der Waals surface area contributed by atoms with E-state index in [0.29, 0.717) is 6.42 Å². The van der Waals surface area contributed by atoms with Gasteiger partial charge in [-0.05, 0) is 19.3 Å². The normalized spacial score (nSPS) is 17.3. The van der Waals surface area contributed by atoms with Crippen molar-refractivity contribution in [1.82, 2.24) is 0 Å². The molecule has 0 aromatic heterocycles.